The van der Waals surface area contributed by atoms with Crippen LogP contribution in [0.2, 0.25) is 5.02 Å². The van der Waals surface area contributed by atoms with Crippen LogP contribution in [0.5, 0.6) is 17.2 Å². The first-order valence-electron chi connectivity index (χ1n) is 10.6. The lowest BCUT2D eigenvalue weighted by atomic mass is 9.74. The molecule has 0 bridgehead atoms. The number of Topliss-reactive ketones (excluding diaryl/α,β-unsaturated/α-hetero) is 1. The third-order valence-electron chi connectivity index (χ3n) is 6.30. The maximum atomic E-state index is 13.6. The lowest BCUT2D eigenvalue weighted by Gasteiger charge is -2.35. The number of fused-ring (bicyclic) bond motifs is 2. The predicted octanol–water partition coefficient (Wildman–Crippen LogP) is 3.64. The SMILES string of the molecule is COc1cc(OC)c2c(c1Cl)OC1(C(=O)C=C(Nc3ccc4nc(CO)[nH]c4c3)CC1C)C2=O. The molecular weight excluding hydrogens is 462 g/mol. The zero-order valence-corrected chi connectivity index (χ0v) is 19.4. The van der Waals surface area contributed by atoms with Gasteiger partial charge in [-0.15, -0.1) is 0 Å². The first kappa shape index (κ1) is 22.2. The molecule has 9 nitrogen and oxygen atoms in total. The van der Waals surface area contributed by atoms with Crippen molar-refractivity contribution in [3.8, 4) is 17.2 Å². The summed E-state index contributed by atoms with van der Waals surface area (Å²) in [5.41, 5.74) is 1.27. The van der Waals surface area contributed by atoms with Crippen molar-refractivity contribution in [1.82, 2.24) is 9.97 Å². The maximum Gasteiger partial charge on any atom is 0.236 e. The smallest absolute Gasteiger partial charge is 0.236 e. The quantitative estimate of drug-likeness (QED) is 0.470. The number of carbonyl (C=O) groups excluding carboxylic acids is 2. The fourth-order valence-electron chi connectivity index (χ4n) is 4.62. The molecule has 2 aliphatic rings. The van der Waals surface area contributed by atoms with Gasteiger partial charge in [-0.2, -0.15) is 0 Å². The Bertz CT molecular complexity index is 1380. The summed E-state index contributed by atoms with van der Waals surface area (Å²) in [5.74, 6) is -0.356. The average Bonchev–Trinajstić information content (AvgIpc) is 3.38. The van der Waals surface area contributed by atoms with Crippen LogP contribution in [0.25, 0.3) is 11.0 Å². The minimum Gasteiger partial charge on any atom is -0.496 e. The van der Waals surface area contributed by atoms with E-state index in [2.05, 4.69) is 15.3 Å². The van der Waals surface area contributed by atoms with Gasteiger partial charge in [-0.25, -0.2) is 4.98 Å². The molecule has 1 aliphatic carbocycles. The van der Waals surface area contributed by atoms with Crippen LogP contribution in [0.15, 0.2) is 36.0 Å². The van der Waals surface area contributed by atoms with Gasteiger partial charge in [0.05, 0.1) is 25.3 Å². The number of imidazole rings is 1. The van der Waals surface area contributed by atoms with E-state index in [9.17, 15) is 14.7 Å². The summed E-state index contributed by atoms with van der Waals surface area (Å²) in [4.78, 5) is 34.3. The number of ketones is 2. The van der Waals surface area contributed by atoms with Gasteiger partial charge in [0.15, 0.2) is 5.75 Å². The van der Waals surface area contributed by atoms with E-state index in [0.29, 0.717) is 17.9 Å². The van der Waals surface area contributed by atoms with Crippen LogP contribution in [0.1, 0.15) is 29.5 Å². The molecule has 1 aromatic heterocycles. The Hall–Kier alpha value is -3.56. The van der Waals surface area contributed by atoms with Gasteiger partial charge in [-0.1, -0.05) is 18.5 Å². The van der Waals surface area contributed by atoms with Gasteiger partial charge >= 0.3 is 0 Å². The summed E-state index contributed by atoms with van der Waals surface area (Å²) in [6, 6.07) is 6.99. The second-order valence-electron chi connectivity index (χ2n) is 8.30. The van der Waals surface area contributed by atoms with Gasteiger partial charge in [0.25, 0.3) is 0 Å². The number of nitrogens with zero attached hydrogens (tertiary/aromatic N) is 1. The van der Waals surface area contributed by atoms with E-state index >= 15 is 0 Å². The lowest BCUT2D eigenvalue weighted by molar-refractivity contribution is -0.129. The van der Waals surface area contributed by atoms with Gasteiger partial charge in [-0.3, -0.25) is 9.59 Å². The number of aliphatic hydroxyl groups excluding tert-OH is 1. The molecule has 2 atom stereocenters. The van der Waals surface area contributed by atoms with Gasteiger partial charge in [0.2, 0.25) is 17.2 Å². The minimum absolute atomic E-state index is 0.0947. The Kier molecular flexibility index (Phi) is 5.26. The Morgan fingerprint density at radius 3 is 2.71 bits per heavy atom. The number of allylic oxidation sites excluding steroid dienone is 1. The van der Waals surface area contributed by atoms with Crippen molar-refractivity contribution in [2.75, 3.05) is 19.5 Å². The molecule has 1 spiro atoms. The third kappa shape index (κ3) is 3.15. The highest BCUT2D eigenvalue weighted by Gasteiger charge is 2.60. The molecule has 3 N–H and O–H groups in total. The summed E-state index contributed by atoms with van der Waals surface area (Å²) >= 11 is 6.42. The number of ether oxygens (including phenoxy) is 3. The fourth-order valence-corrected chi connectivity index (χ4v) is 4.88. The van der Waals surface area contributed by atoms with Crippen molar-refractivity contribution in [2.45, 2.75) is 25.6 Å². The van der Waals surface area contributed by atoms with Crippen molar-refractivity contribution in [3.63, 3.8) is 0 Å². The van der Waals surface area contributed by atoms with Crippen LogP contribution in [0.3, 0.4) is 0 Å². The number of anilines is 1. The standard InChI is InChI=1S/C24H22ClN3O6/c1-11-6-13(26-12-4-5-14-15(7-12)28-19(10-29)27-14)8-18(30)24(11)23(31)20-16(32-2)9-17(33-3)21(25)22(20)34-24/h4-5,7-9,11,26,29H,6,10H2,1-3H3,(H,27,28). The molecule has 0 saturated carbocycles. The highest BCUT2D eigenvalue weighted by molar-refractivity contribution is 6.36. The van der Waals surface area contributed by atoms with Gasteiger partial charge in [0.1, 0.15) is 34.5 Å². The number of aliphatic hydroxyl groups is 1. The number of nitrogens with one attached hydrogen (secondary N) is 2. The molecule has 0 saturated heterocycles. The van der Waals surface area contributed by atoms with E-state index in [0.717, 1.165) is 16.7 Å². The number of aromatic amines is 1. The number of methoxy groups -OCH3 is 2. The van der Waals surface area contributed by atoms with E-state index in [1.807, 2.05) is 18.2 Å². The zero-order valence-electron chi connectivity index (χ0n) is 18.7. The van der Waals surface area contributed by atoms with E-state index in [1.54, 1.807) is 6.92 Å². The summed E-state index contributed by atoms with van der Waals surface area (Å²) < 4.78 is 16.7. The van der Waals surface area contributed by atoms with Crippen LogP contribution >= 0.6 is 11.6 Å². The normalized spacial score (nSPS) is 21.4. The third-order valence-corrected chi connectivity index (χ3v) is 6.65. The molecule has 3 aromatic rings. The van der Waals surface area contributed by atoms with E-state index in [4.69, 9.17) is 25.8 Å². The highest BCUT2D eigenvalue weighted by Crippen LogP contribution is 2.53. The number of H-pyrrole nitrogens is 1. The summed E-state index contributed by atoms with van der Waals surface area (Å²) in [6.07, 6.45) is 1.78. The summed E-state index contributed by atoms with van der Waals surface area (Å²) in [6.45, 7) is 1.60. The van der Waals surface area contributed by atoms with Crippen LogP contribution in [-0.2, 0) is 11.4 Å². The highest BCUT2D eigenvalue weighted by atomic mass is 35.5. The van der Waals surface area contributed by atoms with E-state index < -0.39 is 23.1 Å². The predicted molar refractivity (Wildman–Crippen MR) is 125 cm³/mol. The minimum atomic E-state index is -1.72. The molecule has 0 radical (unpaired) electrons. The molecule has 2 aromatic carbocycles. The zero-order chi connectivity index (χ0) is 24.2. The van der Waals surface area contributed by atoms with E-state index in [1.165, 1.54) is 26.4 Å². The molecular formula is C24H22ClN3O6. The number of hydrogen-bond donors (Lipinski definition) is 3. The maximum absolute atomic E-state index is 13.6. The number of hydrogen-bond acceptors (Lipinski definition) is 8. The lowest BCUT2D eigenvalue weighted by Crippen LogP contribution is -2.55. The molecule has 2 unspecified atom stereocenters. The first-order valence-corrected chi connectivity index (χ1v) is 11.0. The number of carbonyl (C=O) groups is 2. The molecule has 34 heavy (non-hydrogen) atoms. The largest absolute Gasteiger partial charge is 0.496 e. The molecule has 2 heterocycles. The van der Waals surface area contributed by atoms with E-state index in [-0.39, 0.29) is 34.4 Å². The molecule has 0 amide bonds. The monoisotopic (exact) mass is 483 g/mol. The topological polar surface area (TPSA) is 123 Å². The van der Waals surface area contributed by atoms with Crippen LogP contribution in [0, 0.1) is 5.92 Å². The molecule has 1 aliphatic heterocycles. The van der Waals surface area contributed by atoms with Crippen molar-refractivity contribution in [2.24, 2.45) is 5.92 Å². The molecule has 10 heteroatoms. The Labute approximate surface area is 199 Å². The Balaban J connectivity index is 1.48. The number of halogens is 1. The average molecular weight is 484 g/mol. The number of rotatable bonds is 5. The number of benzene rings is 2. The van der Waals surface area contributed by atoms with Gasteiger partial charge in [0, 0.05) is 29.4 Å². The van der Waals surface area contributed by atoms with Crippen LogP contribution in [-0.4, -0.2) is 46.5 Å². The number of aromatic nitrogens is 2. The van der Waals surface area contributed by atoms with Crippen LogP contribution in [0.4, 0.5) is 5.69 Å². The molecule has 5 rings (SSSR count). The Morgan fingerprint density at radius 2 is 2.03 bits per heavy atom. The molecule has 0 fully saturated rings. The summed E-state index contributed by atoms with van der Waals surface area (Å²) in [5, 5.41) is 12.6. The molecule has 176 valence electrons. The summed E-state index contributed by atoms with van der Waals surface area (Å²) in [7, 11) is 2.87. The van der Waals surface area contributed by atoms with Gasteiger partial charge < -0.3 is 29.6 Å². The van der Waals surface area contributed by atoms with Crippen molar-refractivity contribution in [3.05, 3.63) is 52.4 Å². The Morgan fingerprint density at radius 1 is 1.26 bits per heavy atom. The fraction of sp³-hybridized carbons (Fsp3) is 0.292. The van der Waals surface area contributed by atoms with Crippen molar-refractivity contribution >= 4 is 39.9 Å². The first-order chi connectivity index (χ1) is 16.3. The second-order valence-corrected chi connectivity index (χ2v) is 8.68. The van der Waals surface area contributed by atoms with Crippen molar-refractivity contribution in [1.29, 1.82) is 0 Å². The van der Waals surface area contributed by atoms with Crippen molar-refractivity contribution < 1.29 is 28.9 Å². The second kappa shape index (κ2) is 8.03. The van der Waals surface area contributed by atoms with Gasteiger partial charge in [-0.05, 0) is 24.6 Å². The van der Waals surface area contributed by atoms with Crippen LogP contribution < -0.4 is 19.5 Å².